The number of benzene rings is 1. The van der Waals surface area contributed by atoms with Gasteiger partial charge in [-0.25, -0.2) is 0 Å². The van der Waals surface area contributed by atoms with E-state index in [1.54, 1.807) is 13.0 Å². The van der Waals surface area contributed by atoms with Crippen molar-refractivity contribution >= 4 is 12.0 Å². The summed E-state index contributed by atoms with van der Waals surface area (Å²) >= 11 is 0. The second-order valence-electron chi connectivity index (χ2n) is 3.18. The number of carbonyl (C=O) groups excluding carboxylic acids is 1. The van der Waals surface area contributed by atoms with Crippen molar-refractivity contribution in [1.82, 2.24) is 5.32 Å². The summed E-state index contributed by atoms with van der Waals surface area (Å²) < 4.78 is 0. The molecule has 0 aliphatic heterocycles. The molecule has 1 unspecified atom stereocenters. The van der Waals surface area contributed by atoms with Gasteiger partial charge >= 0.3 is 0 Å². The number of aliphatic hydroxyl groups is 1. The third kappa shape index (κ3) is 4.42. The topological polar surface area (TPSA) is 49.3 Å². The van der Waals surface area contributed by atoms with Crippen LogP contribution in [0, 0.1) is 0 Å². The molecule has 1 rings (SSSR count). The van der Waals surface area contributed by atoms with Gasteiger partial charge in [-0.15, -0.1) is 0 Å². The molecule has 0 spiro atoms. The van der Waals surface area contributed by atoms with Crippen molar-refractivity contribution in [1.29, 1.82) is 0 Å². The number of hydrogen-bond acceptors (Lipinski definition) is 2. The zero-order chi connectivity index (χ0) is 11.1. The van der Waals surface area contributed by atoms with Crippen LogP contribution in [0.5, 0.6) is 0 Å². The van der Waals surface area contributed by atoms with E-state index in [0.29, 0.717) is 6.42 Å². The molecule has 3 nitrogen and oxygen atoms in total. The number of nitrogens with one attached hydrogen (secondary N) is 1. The fraction of sp³-hybridized carbons (Fsp3) is 0.250. The Morgan fingerprint density at radius 2 is 2.13 bits per heavy atom. The molecule has 0 aliphatic carbocycles. The van der Waals surface area contributed by atoms with Gasteiger partial charge in [0, 0.05) is 6.08 Å². The number of amides is 1. The third-order valence-electron chi connectivity index (χ3n) is 1.92. The molecule has 1 atom stereocenters. The van der Waals surface area contributed by atoms with Crippen molar-refractivity contribution in [3.05, 3.63) is 42.0 Å². The van der Waals surface area contributed by atoms with E-state index in [1.807, 2.05) is 30.3 Å². The molecule has 2 N–H and O–H groups in total. The maximum absolute atomic E-state index is 11.2. The number of hydrogen-bond donors (Lipinski definition) is 2. The smallest absolute Gasteiger partial charge is 0.245 e. The highest BCUT2D eigenvalue weighted by atomic mass is 16.3. The molecule has 3 heteroatoms. The first-order valence-corrected chi connectivity index (χ1v) is 4.94. The lowest BCUT2D eigenvalue weighted by molar-refractivity contribution is -0.119. The third-order valence-corrected chi connectivity index (χ3v) is 1.92. The summed E-state index contributed by atoms with van der Waals surface area (Å²) in [6.07, 6.45) is 2.86. The van der Waals surface area contributed by atoms with E-state index in [0.717, 1.165) is 5.56 Å². The van der Waals surface area contributed by atoms with Gasteiger partial charge in [-0.2, -0.15) is 0 Å². The number of carbonyl (C=O) groups is 1. The van der Waals surface area contributed by atoms with Gasteiger partial charge in [0.25, 0.3) is 0 Å². The summed E-state index contributed by atoms with van der Waals surface area (Å²) in [6.45, 7) is 1.80. The molecule has 1 amide bonds. The summed E-state index contributed by atoms with van der Waals surface area (Å²) in [6, 6.07) is 9.52. The first-order valence-electron chi connectivity index (χ1n) is 4.94. The Bertz CT molecular complexity index is 333. The van der Waals surface area contributed by atoms with Gasteiger partial charge in [-0.3, -0.25) is 4.79 Å². The Balaban J connectivity index is 2.48. The molecular formula is C12H15NO2. The van der Waals surface area contributed by atoms with E-state index in [2.05, 4.69) is 5.32 Å². The van der Waals surface area contributed by atoms with E-state index in [4.69, 9.17) is 5.11 Å². The zero-order valence-electron chi connectivity index (χ0n) is 8.68. The summed E-state index contributed by atoms with van der Waals surface area (Å²) in [7, 11) is 0. The van der Waals surface area contributed by atoms with Crippen LogP contribution in [0.1, 0.15) is 18.9 Å². The van der Waals surface area contributed by atoms with Gasteiger partial charge in [0.1, 0.15) is 6.23 Å². The standard InChI is InChI=1S/C12H15NO2/c1-2-11(14)13-12(15)9-8-10-6-4-3-5-7-10/h3-9,11,14H,2H2,1H3,(H,13,15)/b9-8+. The minimum atomic E-state index is -0.766. The van der Waals surface area contributed by atoms with Crippen molar-refractivity contribution < 1.29 is 9.90 Å². The van der Waals surface area contributed by atoms with Crippen molar-refractivity contribution in [3.8, 4) is 0 Å². The Morgan fingerprint density at radius 3 is 2.73 bits per heavy atom. The van der Waals surface area contributed by atoms with Crippen LogP contribution in [0.4, 0.5) is 0 Å². The van der Waals surface area contributed by atoms with Crippen LogP contribution in [-0.4, -0.2) is 17.2 Å². The molecule has 15 heavy (non-hydrogen) atoms. The molecule has 0 heterocycles. The molecular weight excluding hydrogens is 190 g/mol. The van der Waals surface area contributed by atoms with Crippen LogP contribution in [0.2, 0.25) is 0 Å². The predicted molar refractivity (Wildman–Crippen MR) is 59.9 cm³/mol. The lowest BCUT2D eigenvalue weighted by atomic mass is 10.2. The highest BCUT2D eigenvalue weighted by Gasteiger charge is 2.01. The van der Waals surface area contributed by atoms with Crippen LogP contribution in [0.3, 0.4) is 0 Å². The van der Waals surface area contributed by atoms with Crippen LogP contribution >= 0.6 is 0 Å². The highest BCUT2D eigenvalue weighted by molar-refractivity contribution is 5.91. The second kappa shape index (κ2) is 5.98. The maximum atomic E-state index is 11.2. The quantitative estimate of drug-likeness (QED) is 0.578. The van der Waals surface area contributed by atoms with Gasteiger partial charge in [0.05, 0.1) is 0 Å². The number of rotatable bonds is 4. The van der Waals surface area contributed by atoms with Gasteiger partial charge < -0.3 is 10.4 Å². The molecule has 0 bridgehead atoms. The van der Waals surface area contributed by atoms with E-state index in [-0.39, 0.29) is 5.91 Å². The van der Waals surface area contributed by atoms with E-state index >= 15 is 0 Å². The highest BCUT2D eigenvalue weighted by Crippen LogP contribution is 2.00. The first kappa shape index (κ1) is 11.5. The molecule has 0 fully saturated rings. The Kier molecular flexibility index (Phi) is 4.57. The zero-order valence-corrected chi connectivity index (χ0v) is 8.68. The van der Waals surface area contributed by atoms with E-state index in [1.165, 1.54) is 6.08 Å². The van der Waals surface area contributed by atoms with Crippen molar-refractivity contribution in [2.75, 3.05) is 0 Å². The lowest BCUT2D eigenvalue weighted by Gasteiger charge is -2.07. The summed E-state index contributed by atoms with van der Waals surface area (Å²) in [5, 5.41) is 11.6. The summed E-state index contributed by atoms with van der Waals surface area (Å²) in [4.78, 5) is 11.2. The van der Waals surface area contributed by atoms with Gasteiger partial charge in [-0.05, 0) is 18.1 Å². The Labute approximate surface area is 89.4 Å². The fourth-order valence-corrected chi connectivity index (χ4v) is 1.05. The van der Waals surface area contributed by atoms with Crippen LogP contribution in [-0.2, 0) is 4.79 Å². The van der Waals surface area contributed by atoms with Gasteiger partial charge in [0.2, 0.25) is 5.91 Å². The molecule has 1 aromatic rings. The van der Waals surface area contributed by atoms with Gasteiger partial charge in [-0.1, -0.05) is 37.3 Å². The largest absolute Gasteiger partial charge is 0.374 e. The van der Waals surface area contributed by atoms with Gasteiger partial charge in [0.15, 0.2) is 0 Å². The molecule has 0 aromatic heterocycles. The van der Waals surface area contributed by atoms with E-state index < -0.39 is 6.23 Å². The summed E-state index contributed by atoms with van der Waals surface area (Å²) in [5.74, 6) is -0.284. The van der Waals surface area contributed by atoms with Crippen molar-refractivity contribution in [3.63, 3.8) is 0 Å². The van der Waals surface area contributed by atoms with Crippen molar-refractivity contribution in [2.45, 2.75) is 19.6 Å². The lowest BCUT2D eigenvalue weighted by Crippen LogP contribution is -2.32. The minimum Gasteiger partial charge on any atom is -0.374 e. The normalized spacial score (nSPS) is 12.7. The average molecular weight is 205 g/mol. The number of aliphatic hydroxyl groups excluding tert-OH is 1. The SMILES string of the molecule is CCC(O)NC(=O)/C=C/c1ccccc1. The molecule has 1 aromatic carbocycles. The molecule has 80 valence electrons. The summed E-state index contributed by atoms with van der Waals surface area (Å²) in [5.41, 5.74) is 0.957. The molecule has 0 saturated heterocycles. The van der Waals surface area contributed by atoms with Crippen molar-refractivity contribution in [2.24, 2.45) is 0 Å². The fourth-order valence-electron chi connectivity index (χ4n) is 1.05. The average Bonchev–Trinajstić information content (AvgIpc) is 2.27. The Morgan fingerprint density at radius 1 is 1.47 bits per heavy atom. The molecule has 0 aliphatic rings. The monoisotopic (exact) mass is 205 g/mol. The maximum Gasteiger partial charge on any atom is 0.245 e. The molecule has 0 saturated carbocycles. The second-order valence-corrected chi connectivity index (χ2v) is 3.18. The van der Waals surface area contributed by atoms with E-state index in [9.17, 15) is 4.79 Å². The first-order chi connectivity index (χ1) is 7.22. The van der Waals surface area contributed by atoms with Crippen LogP contribution in [0.15, 0.2) is 36.4 Å². The molecule has 0 radical (unpaired) electrons. The predicted octanol–water partition coefficient (Wildman–Crippen LogP) is 1.54. The Hall–Kier alpha value is -1.61. The van der Waals surface area contributed by atoms with Crippen LogP contribution < -0.4 is 5.32 Å². The van der Waals surface area contributed by atoms with Crippen LogP contribution in [0.25, 0.3) is 6.08 Å². The minimum absolute atomic E-state index is 0.284.